The zero-order chi connectivity index (χ0) is 28.3. The molecular formula is C27H43N3O7. The summed E-state index contributed by atoms with van der Waals surface area (Å²) >= 11 is 0. The highest BCUT2D eigenvalue weighted by atomic mass is 16.6. The summed E-state index contributed by atoms with van der Waals surface area (Å²) in [5.41, 5.74) is 0.230. The Morgan fingerprint density at radius 1 is 1.14 bits per heavy atom. The van der Waals surface area contributed by atoms with Crippen LogP contribution in [0.3, 0.4) is 0 Å². The van der Waals surface area contributed by atoms with Crippen molar-refractivity contribution in [2.24, 2.45) is 5.92 Å². The number of esters is 1. The molecule has 0 saturated heterocycles. The molecule has 0 saturated carbocycles. The highest BCUT2D eigenvalue weighted by Gasteiger charge is 2.38. The van der Waals surface area contributed by atoms with E-state index in [-0.39, 0.29) is 24.8 Å². The van der Waals surface area contributed by atoms with E-state index in [1.807, 2.05) is 20.8 Å². The minimum atomic E-state index is -1.12. The molecule has 0 aliphatic carbocycles. The van der Waals surface area contributed by atoms with Gasteiger partial charge in [0.15, 0.2) is 0 Å². The van der Waals surface area contributed by atoms with Crippen LogP contribution in [-0.2, 0) is 23.9 Å². The van der Waals surface area contributed by atoms with Gasteiger partial charge in [0.1, 0.15) is 30.0 Å². The van der Waals surface area contributed by atoms with Crippen LogP contribution in [0.1, 0.15) is 78.0 Å². The fourth-order valence-corrected chi connectivity index (χ4v) is 3.64. The van der Waals surface area contributed by atoms with Crippen molar-refractivity contribution in [1.82, 2.24) is 15.5 Å². The fraction of sp³-hybridized carbons (Fsp3) is 0.630. The van der Waals surface area contributed by atoms with Crippen LogP contribution in [0.5, 0.6) is 5.75 Å². The SMILES string of the molecule is CCCCN(C(=O)C(NC(=O)OC(C)(C)C)C(C)CC)C(C(=O)NCC(=O)OC)c1ccc(O)c(C)c1. The van der Waals surface area contributed by atoms with Crippen molar-refractivity contribution < 1.29 is 33.8 Å². The maximum Gasteiger partial charge on any atom is 0.408 e. The smallest absolute Gasteiger partial charge is 0.408 e. The molecule has 3 N–H and O–H groups in total. The van der Waals surface area contributed by atoms with Gasteiger partial charge in [0, 0.05) is 6.54 Å². The first-order valence-corrected chi connectivity index (χ1v) is 12.7. The highest BCUT2D eigenvalue weighted by Crippen LogP contribution is 2.28. The minimum absolute atomic E-state index is 0.0491. The third kappa shape index (κ3) is 9.93. The molecule has 208 valence electrons. The van der Waals surface area contributed by atoms with Gasteiger partial charge in [-0.3, -0.25) is 14.4 Å². The lowest BCUT2D eigenvalue weighted by Gasteiger charge is -2.36. The van der Waals surface area contributed by atoms with Gasteiger partial charge >= 0.3 is 12.1 Å². The van der Waals surface area contributed by atoms with Gasteiger partial charge in [-0.1, -0.05) is 39.7 Å². The average Bonchev–Trinajstić information content (AvgIpc) is 2.83. The van der Waals surface area contributed by atoms with E-state index in [4.69, 9.17) is 4.74 Å². The van der Waals surface area contributed by atoms with Gasteiger partial charge in [-0.25, -0.2) is 4.79 Å². The van der Waals surface area contributed by atoms with Gasteiger partial charge < -0.3 is 30.1 Å². The van der Waals surface area contributed by atoms with Crippen molar-refractivity contribution in [3.8, 4) is 5.75 Å². The summed E-state index contributed by atoms with van der Waals surface area (Å²) in [4.78, 5) is 53.3. The molecule has 10 nitrogen and oxygen atoms in total. The maximum absolute atomic E-state index is 14.1. The van der Waals surface area contributed by atoms with Crippen LogP contribution in [-0.4, -0.2) is 65.7 Å². The van der Waals surface area contributed by atoms with E-state index in [1.54, 1.807) is 39.8 Å². The van der Waals surface area contributed by atoms with Gasteiger partial charge in [0.2, 0.25) is 11.8 Å². The topological polar surface area (TPSA) is 134 Å². The third-order valence-electron chi connectivity index (χ3n) is 5.92. The molecule has 37 heavy (non-hydrogen) atoms. The van der Waals surface area contributed by atoms with Gasteiger partial charge in [0.05, 0.1) is 7.11 Å². The second-order valence-corrected chi connectivity index (χ2v) is 10.1. The predicted octanol–water partition coefficient (Wildman–Crippen LogP) is 3.60. The van der Waals surface area contributed by atoms with Crippen LogP contribution in [0.25, 0.3) is 0 Å². The molecule has 0 aliphatic heterocycles. The Kier molecular flexibility index (Phi) is 12.4. The Labute approximate surface area is 220 Å². The standard InChI is InChI=1S/C27H43N3O7/c1-9-11-14-30(25(34)22(17(3)10-2)29-26(35)37-27(5,6)7)23(24(33)28-16-21(32)36-8)19-12-13-20(31)18(4)15-19/h12-13,15,17,22-23,31H,9-11,14,16H2,1-8H3,(H,28,33)(H,29,35). The van der Waals surface area contributed by atoms with Gasteiger partial charge in [0.25, 0.3) is 0 Å². The Morgan fingerprint density at radius 2 is 1.78 bits per heavy atom. The number of carbonyl (C=O) groups is 4. The number of carbonyl (C=O) groups excluding carboxylic acids is 4. The Morgan fingerprint density at radius 3 is 2.30 bits per heavy atom. The van der Waals surface area contributed by atoms with E-state index in [2.05, 4.69) is 15.4 Å². The minimum Gasteiger partial charge on any atom is -0.508 e. The summed E-state index contributed by atoms with van der Waals surface area (Å²) < 4.78 is 10.0. The number of phenolic OH excluding ortho intramolecular Hbond substituents is 1. The number of hydrogen-bond acceptors (Lipinski definition) is 7. The van der Waals surface area contributed by atoms with E-state index in [1.165, 1.54) is 18.1 Å². The average molecular weight is 522 g/mol. The van der Waals surface area contributed by atoms with Gasteiger partial charge in [-0.05, 0) is 63.3 Å². The largest absolute Gasteiger partial charge is 0.508 e. The Balaban J connectivity index is 3.54. The van der Waals surface area contributed by atoms with Crippen LogP contribution < -0.4 is 10.6 Å². The number of ether oxygens (including phenoxy) is 2. The van der Waals surface area contributed by atoms with Crippen molar-refractivity contribution in [3.05, 3.63) is 29.3 Å². The van der Waals surface area contributed by atoms with E-state index in [9.17, 15) is 24.3 Å². The molecule has 1 aromatic carbocycles. The van der Waals surface area contributed by atoms with Crippen LogP contribution >= 0.6 is 0 Å². The molecule has 3 amide bonds. The number of unbranched alkanes of at least 4 members (excludes halogenated alkanes) is 1. The molecule has 3 atom stereocenters. The van der Waals surface area contributed by atoms with Crippen LogP contribution in [0.4, 0.5) is 4.79 Å². The number of alkyl carbamates (subject to hydrolysis) is 1. The van der Waals surface area contributed by atoms with E-state index < -0.39 is 41.6 Å². The van der Waals surface area contributed by atoms with Crippen LogP contribution in [0, 0.1) is 12.8 Å². The van der Waals surface area contributed by atoms with Crippen LogP contribution in [0.15, 0.2) is 18.2 Å². The zero-order valence-electron chi connectivity index (χ0n) is 23.3. The molecule has 10 heteroatoms. The highest BCUT2D eigenvalue weighted by molar-refractivity contribution is 5.93. The molecule has 0 bridgehead atoms. The second-order valence-electron chi connectivity index (χ2n) is 10.1. The molecule has 0 spiro atoms. The Hall–Kier alpha value is -3.30. The number of nitrogens with zero attached hydrogens (tertiary/aromatic N) is 1. The lowest BCUT2D eigenvalue weighted by molar-refractivity contribution is -0.145. The Bertz CT molecular complexity index is 942. The number of nitrogens with one attached hydrogen (secondary N) is 2. The van der Waals surface area contributed by atoms with E-state index in [0.717, 1.165) is 6.42 Å². The summed E-state index contributed by atoms with van der Waals surface area (Å²) in [7, 11) is 1.21. The lowest BCUT2D eigenvalue weighted by atomic mass is 9.95. The molecule has 3 unspecified atom stereocenters. The quantitative estimate of drug-likeness (QED) is 0.358. The maximum atomic E-state index is 14.1. The van der Waals surface area contributed by atoms with Gasteiger partial charge in [-0.15, -0.1) is 0 Å². The van der Waals surface area contributed by atoms with Crippen molar-refractivity contribution in [2.75, 3.05) is 20.2 Å². The first kappa shape index (κ1) is 31.7. The van der Waals surface area contributed by atoms with Crippen molar-refractivity contribution in [2.45, 2.75) is 85.4 Å². The molecule has 0 aliphatic rings. The number of amides is 3. The fourth-order valence-electron chi connectivity index (χ4n) is 3.64. The van der Waals surface area contributed by atoms with Crippen molar-refractivity contribution in [1.29, 1.82) is 0 Å². The number of aryl methyl sites for hydroxylation is 1. The van der Waals surface area contributed by atoms with Crippen molar-refractivity contribution >= 4 is 23.9 Å². The molecule has 1 rings (SSSR count). The number of methoxy groups -OCH3 is 1. The molecule has 0 heterocycles. The third-order valence-corrected chi connectivity index (χ3v) is 5.92. The summed E-state index contributed by atoms with van der Waals surface area (Å²) in [5.74, 6) is -1.88. The monoisotopic (exact) mass is 521 g/mol. The summed E-state index contributed by atoms with van der Waals surface area (Å²) in [5, 5.41) is 15.3. The number of phenols is 1. The van der Waals surface area contributed by atoms with Gasteiger partial charge in [-0.2, -0.15) is 0 Å². The summed E-state index contributed by atoms with van der Waals surface area (Å²) in [6, 6.07) is 2.58. The van der Waals surface area contributed by atoms with Crippen LogP contribution in [0.2, 0.25) is 0 Å². The van der Waals surface area contributed by atoms with E-state index >= 15 is 0 Å². The zero-order valence-corrected chi connectivity index (χ0v) is 23.3. The lowest BCUT2D eigenvalue weighted by Crippen LogP contribution is -2.55. The molecular weight excluding hydrogens is 478 g/mol. The molecule has 0 aromatic heterocycles. The summed E-state index contributed by atoms with van der Waals surface area (Å²) in [6.45, 7) is 12.4. The van der Waals surface area contributed by atoms with E-state index in [0.29, 0.717) is 24.0 Å². The predicted molar refractivity (Wildman–Crippen MR) is 140 cm³/mol. The molecule has 0 radical (unpaired) electrons. The number of benzene rings is 1. The number of aromatic hydroxyl groups is 1. The normalized spacial score (nSPS) is 13.6. The molecule has 1 aromatic rings. The first-order chi connectivity index (χ1) is 17.2. The first-order valence-electron chi connectivity index (χ1n) is 12.7. The number of rotatable bonds is 12. The molecule has 0 fully saturated rings. The van der Waals surface area contributed by atoms with Crippen molar-refractivity contribution in [3.63, 3.8) is 0 Å². The second kappa shape index (κ2) is 14.4. The summed E-state index contributed by atoms with van der Waals surface area (Å²) in [6.07, 6.45) is 1.21. The number of hydrogen-bond donors (Lipinski definition) is 3.